The van der Waals surface area contributed by atoms with E-state index in [4.69, 9.17) is 0 Å². The summed E-state index contributed by atoms with van der Waals surface area (Å²) in [6, 6.07) is 16.5. The Bertz CT molecular complexity index is 1000. The zero-order chi connectivity index (χ0) is 22.8. The second-order valence-electron chi connectivity index (χ2n) is 9.66. The Balaban J connectivity index is 0.000000180. The van der Waals surface area contributed by atoms with E-state index < -0.39 is 5.41 Å². The minimum atomic E-state index is -0.753. The molecule has 172 valence electrons. The number of nitrogens with zero attached hydrogens (tertiary/aromatic N) is 1. The summed E-state index contributed by atoms with van der Waals surface area (Å²) in [5, 5.41) is 5.35. The first-order valence-corrected chi connectivity index (χ1v) is 11.8. The van der Waals surface area contributed by atoms with Gasteiger partial charge in [-0.15, -0.1) is 0 Å². The third kappa shape index (κ3) is 4.06. The largest absolute Gasteiger partial charge is 0.359 e. The maximum absolute atomic E-state index is 11.9. The van der Waals surface area contributed by atoms with E-state index in [-0.39, 0.29) is 19.7 Å². The van der Waals surface area contributed by atoms with Gasteiger partial charge < -0.3 is 10.6 Å². The summed E-state index contributed by atoms with van der Waals surface area (Å²) in [5.41, 5.74) is 4.45. The number of para-hydroxylation sites is 1. The Labute approximate surface area is 193 Å². The highest BCUT2D eigenvalue weighted by Gasteiger charge is 2.43. The molecule has 2 aliphatic heterocycles. The standard InChI is InChI=1S/C15H21N.C12H14N2O2.H2/c1-15(16-11-5-2-6-12-16)10-9-13-7-3-4-8-14(13)15;1-12(7-10(15)13-2)8-5-3-4-6-9(8)14-11(12)16;/h3-4,7-8H,2,5-6,9-12H2,1H3;3-6H,7H2,1-2H3,(H,13,15)(H,14,16);1H/t15-;12-;/m01./s1. The lowest BCUT2D eigenvalue weighted by Gasteiger charge is -2.41. The van der Waals surface area contributed by atoms with Gasteiger partial charge in [0.15, 0.2) is 0 Å². The van der Waals surface area contributed by atoms with Crippen LogP contribution in [0.5, 0.6) is 0 Å². The molecule has 0 bridgehead atoms. The van der Waals surface area contributed by atoms with E-state index in [1.54, 1.807) is 25.1 Å². The number of amides is 2. The highest BCUT2D eigenvalue weighted by atomic mass is 16.2. The Hall–Kier alpha value is -2.66. The predicted molar refractivity (Wildman–Crippen MR) is 131 cm³/mol. The number of likely N-dealkylation sites (tertiary alicyclic amines) is 1. The van der Waals surface area contributed by atoms with Crippen LogP contribution in [0.25, 0.3) is 0 Å². The van der Waals surface area contributed by atoms with Crippen LogP contribution in [0.2, 0.25) is 0 Å². The molecular weight excluding hydrogens is 398 g/mol. The van der Waals surface area contributed by atoms with Crippen molar-refractivity contribution in [2.24, 2.45) is 0 Å². The lowest BCUT2D eigenvalue weighted by Crippen LogP contribution is -2.45. The van der Waals surface area contributed by atoms with E-state index in [1.807, 2.05) is 24.3 Å². The number of rotatable bonds is 3. The molecular formula is C27H37N3O2. The first-order chi connectivity index (χ1) is 15.4. The van der Waals surface area contributed by atoms with E-state index in [0.29, 0.717) is 5.54 Å². The van der Waals surface area contributed by atoms with Crippen LogP contribution in [0, 0.1) is 0 Å². The lowest BCUT2D eigenvalue weighted by molar-refractivity contribution is -0.127. The van der Waals surface area contributed by atoms with Gasteiger partial charge in [-0.2, -0.15) is 0 Å². The van der Waals surface area contributed by atoms with E-state index in [1.165, 1.54) is 45.2 Å². The van der Waals surface area contributed by atoms with Crippen LogP contribution in [0.15, 0.2) is 48.5 Å². The smallest absolute Gasteiger partial charge is 0.235 e. The second kappa shape index (κ2) is 9.07. The quantitative estimate of drug-likeness (QED) is 0.740. The molecule has 2 N–H and O–H groups in total. The van der Waals surface area contributed by atoms with Crippen molar-refractivity contribution >= 4 is 17.5 Å². The van der Waals surface area contributed by atoms with Gasteiger partial charge in [-0.25, -0.2) is 0 Å². The van der Waals surface area contributed by atoms with Crippen LogP contribution < -0.4 is 10.6 Å². The van der Waals surface area contributed by atoms with Crippen molar-refractivity contribution < 1.29 is 11.0 Å². The molecule has 0 aromatic heterocycles. The molecule has 1 aliphatic carbocycles. The highest BCUT2D eigenvalue weighted by Crippen LogP contribution is 2.42. The molecule has 2 heterocycles. The van der Waals surface area contributed by atoms with Crippen molar-refractivity contribution in [2.45, 2.75) is 63.3 Å². The molecule has 1 saturated heterocycles. The van der Waals surface area contributed by atoms with Gasteiger partial charge >= 0.3 is 0 Å². The fourth-order valence-electron chi connectivity index (χ4n) is 5.53. The van der Waals surface area contributed by atoms with Gasteiger partial charge in [0.05, 0.1) is 5.41 Å². The second-order valence-corrected chi connectivity index (χ2v) is 9.66. The Morgan fingerprint density at radius 3 is 2.41 bits per heavy atom. The minimum Gasteiger partial charge on any atom is -0.359 e. The summed E-state index contributed by atoms with van der Waals surface area (Å²) in [6.45, 7) is 6.84. The van der Waals surface area contributed by atoms with E-state index in [0.717, 1.165) is 11.3 Å². The minimum absolute atomic E-state index is 0. The van der Waals surface area contributed by atoms with Crippen LogP contribution in [-0.2, 0) is 27.0 Å². The zero-order valence-corrected chi connectivity index (χ0v) is 19.5. The van der Waals surface area contributed by atoms with Gasteiger partial charge in [0.25, 0.3) is 0 Å². The van der Waals surface area contributed by atoms with Crippen molar-refractivity contribution in [3.8, 4) is 0 Å². The summed E-state index contributed by atoms with van der Waals surface area (Å²) in [4.78, 5) is 26.1. The van der Waals surface area contributed by atoms with Gasteiger partial charge in [0.1, 0.15) is 0 Å². The van der Waals surface area contributed by atoms with Crippen molar-refractivity contribution in [3.63, 3.8) is 0 Å². The molecule has 2 aromatic carbocycles. The lowest BCUT2D eigenvalue weighted by atomic mass is 9.80. The number of anilines is 1. The zero-order valence-electron chi connectivity index (χ0n) is 19.5. The van der Waals surface area contributed by atoms with Crippen LogP contribution in [0.1, 0.15) is 64.1 Å². The normalized spacial score (nSPS) is 26.4. The third-order valence-electron chi connectivity index (χ3n) is 7.60. The summed E-state index contributed by atoms with van der Waals surface area (Å²) < 4.78 is 0. The van der Waals surface area contributed by atoms with Crippen LogP contribution in [0.3, 0.4) is 0 Å². The van der Waals surface area contributed by atoms with Gasteiger partial charge in [-0.3, -0.25) is 14.5 Å². The Kier molecular flexibility index (Phi) is 6.38. The van der Waals surface area contributed by atoms with Crippen molar-refractivity contribution in [3.05, 3.63) is 65.2 Å². The molecule has 0 spiro atoms. The van der Waals surface area contributed by atoms with Crippen LogP contribution >= 0.6 is 0 Å². The number of carbonyl (C=O) groups is 2. The number of carbonyl (C=O) groups excluding carboxylic acids is 2. The first kappa shape index (κ1) is 22.5. The van der Waals surface area contributed by atoms with Gasteiger partial charge in [-0.05, 0) is 75.4 Å². The molecule has 2 amide bonds. The molecule has 2 aromatic rings. The average molecular weight is 436 g/mol. The number of aryl methyl sites for hydroxylation is 1. The Morgan fingerprint density at radius 2 is 1.69 bits per heavy atom. The molecule has 5 nitrogen and oxygen atoms in total. The number of hydrogen-bond acceptors (Lipinski definition) is 3. The van der Waals surface area contributed by atoms with E-state index in [2.05, 4.69) is 46.7 Å². The fourth-order valence-corrected chi connectivity index (χ4v) is 5.53. The average Bonchev–Trinajstić information content (AvgIpc) is 3.30. The first-order valence-electron chi connectivity index (χ1n) is 11.8. The number of benzene rings is 2. The number of piperidine rings is 1. The van der Waals surface area contributed by atoms with Crippen molar-refractivity contribution in [1.82, 2.24) is 10.2 Å². The highest BCUT2D eigenvalue weighted by molar-refractivity contribution is 6.08. The fraction of sp³-hybridized carbons (Fsp3) is 0.481. The number of fused-ring (bicyclic) bond motifs is 2. The molecule has 1 fully saturated rings. The summed E-state index contributed by atoms with van der Waals surface area (Å²) in [7, 11) is 1.57. The van der Waals surface area contributed by atoms with Crippen LogP contribution in [0.4, 0.5) is 5.69 Å². The molecule has 5 heteroatoms. The monoisotopic (exact) mass is 435 g/mol. The molecule has 3 aliphatic rings. The van der Waals surface area contributed by atoms with Crippen molar-refractivity contribution in [2.75, 3.05) is 25.5 Å². The van der Waals surface area contributed by atoms with Gasteiger partial charge in [-0.1, -0.05) is 48.9 Å². The van der Waals surface area contributed by atoms with Gasteiger partial charge in [0, 0.05) is 26.1 Å². The molecule has 2 atom stereocenters. The predicted octanol–water partition coefficient (Wildman–Crippen LogP) is 4.61. The molecule has 32 heavy (non-hydrogen) atoms. The molecule has 5 rings (SSSR count). The van der Waals surface area contributed by atoms with Gasteiger partial charge in [0.2, 0.25) is 11.8 Å². The third-order valence-corrected chi connectivity index (χ3v) is 7.60. The number of hydrogen-bond donors (Lipinski definition) is 2. The maximum atomic E-state index is 11.9. The number of nitrogens with one attached hydrogen (secondary N) is 2. The summed E-state index contributed by atoms with van der Waals surface area (Å²) in [5.74, 6) is -0.244. The Morgan fingerprint density at radius 1 is 1.03 bits per heavy atom. The van der Waals surface area contributed by atoms with E-state index in [9.17, 15) is 9.59 Å². The molecule has 0 unspecified atom stereocenters. The summed E-state index contributed by atoms with van der Waals surface area (Å²) >= 11 is 0. The SMILES string of the molecule is CNC(=O)C[C@@]1(C)C(=O)Nc2ccccc21.C[C@]1(N2CCCCC2)CCc2ccccc21.[HH]. The topological polar surface area (TPSA) is 61.4 Å². The molecule has 0 saturated carbocycles. The van der Waals surface area contributed by atoms with Crippen molar-refractivity contribution in [1.29, 1.82) is 0 Å². The van der Waals surface area contributed by atoms with Crippen LogP contribution in [-0.4, -0.2) is 36.9 Å². The summed E-state index contributed by atoms with van der Waals surface area (Å²) in [6.07, 6.45) is 6.95. The maximum Gasteiger partial charge on any atom is 0.235 e. The van der Waals surface area contributed by atoms with E-state index >= 15 is 0 Å². The molecule has 0 radical (unpaired) electrons.